The van der Waals surface area contributed by atoms with Crippen molar-refractivity contribution in [2.75, 3.05) is 13.1 Å². The van der Waals surface area contributed by atoms with Crippen molar-refractivity contribution in [3.63, 3.8) is 0 Å². The van der Waals surface area contributed by atoms with Crippen LogP contribution in [0.5, 0.6) is 0 Å². The van der Waals surface area contributed by atoms with Crippen molar-refractivity contribution in [1.82, 2.24) is 25.4 Å². The predicted molar refractivity (Wildman–Crippen MR) is 122 cm³/mol. The number of halogens is 1. The Morgan fingerprint density at radius 2 is 1.93 bits per heavy atom. The Kier molecular flexibility index (Phi) is 10.4. The number of guanidine groups is 1. The second-order valence-electron chi connectivity index (χ2n) is 7.35. The van der Waals surface area contributed by atoms with Gasteiger partial charge in [0.05, 0.1) is 0 Å². The van der Waals surface area contributed by atoms with Crippen LogP contribution in [0.2, 0.25) is 0 Å². The van der Waals surface area contributed by atoms with E-state index in [4.69, 9.17) is 0 Å². The third kappa shape index (κ3) is 8.73. The minimum Gasteiger partial charge on any atom is -0.357 e. The molecule has 150 valence electrons. The van der Waals surface area contributed by atoms with Gasteiger partial charge in [0, 0.05) is 20.1 Å². The average molecular weight is 484 g/mol. The van der Waals surface area contributed by atoms with Gasteiger partial charge in [0.25, 0.3) is 0 Å². The lowest BCUT2D eigenvalue weighted by molar-refractivity contribution is 0.323. The standard InChI is InChI=1S/C20H32N6.HI/c1-5-21-19(22-14-18-24-16-25-26(18)4)23-15-20(2,3)13-9-12-17-10-7-6-8-11-17;/h6-8,10-11,16H,5,9,12-15H2,1-4H3,(H2,21,22,23);1H. The number of aliphatic imine (C=N–C) groups is 1. The summed E-state index contributed by atoms with van der Waals surface area (Å²) >= 11 is 0. The second kappa shape index (κ2) is 11.9. The van der Waals surface area contributed by atoms with Gasteiger partial charge in [0.15, 0.2) is 5.96 Å². The first-order valence-electron chi connectivity index (χ1n) is 9.39. The fraction of sp³-hybridized carbons (Fsp3) is 0.550. The summed E-state index contributed by atoms with van der Waals surface area (Å²) < 4.78 is 1.75. The van der Waals surface area contributed by atoms with E-state index in [0.717, 1.165) is 37.7 Å². The van der Waals surface area contributed by atoms with Gasteiger partial charge in [-0.2, -0.15) is 5.10 Å². The van der Waals surface area contributed by atoms with Crippen LogP contribution in [-0.4, -0.2) is 33.8 Å². The van der Waals surface area contributed by atoms with E-state index < -0.39 is 0 Å². The Balaban J connectivity index is 0.00000364. The molecule has 2 rings (SSSR count). The quantitative estimate of drug-likeness (QED) is 0.325. The Labute approximate surface area is 180 Å². The van der Waals surface area contributed by atoms with Crippen LogP contribution in [0.15, 0.2) is 41.7 Å². The molecule has 0 fully saturated rings. The number of benzene rings is 1. The summed E-state index contributed by atoms with van der Waals surface area (Å²) in [5, 5.41) is 10.9. The molecule has 0 aliphatic carbocycles. The number of hydrogen-bond donors (Lipinski definition) is 2. The van der Waals surface area contributed by atoms with Crippen LogP contribution in [0, 0.1) is 5.41 Å². The third-order valence-electron chi connectivity index (χ3n) is 4.42. The number of aromatic nitrogens is 3. The summed E-state index contributed by atoms with van der Waals surface area (Å²) in [6, 6.07) is 10.7. The monoisotopic (exact) mass is 484 g/mol. The molecular weight excluding hydrogens is 451 g/mol. The molecule has 2 N–H and O–H groups in total. The SMILES string of the molecule is CCNC(=NCc1ncnn1C)NCC(C)(C)CCCc1ccccc1.I. The first-order chi connectivity index (χ1) is 12.5. The van der Waals surface area contributed by atoms with Crippen LogP contribution in [0.1, 0.15) is 45.0 Å². The molecule has 0 atom stereocenters. The van der Waals surface area contributed by atoms with Gasteiger partial charge in [-0.1, -0.05) is 44.2 Å². The zero-order valence-electron chi connectivity index (χ0n) is 16.9. The lowest BCUT2D eigenvalue weighted by Crippen LogP contribution is -2.42. The number of hydrogen-bond acceptors (Lipinski definition) is 3. The number of aryl methyl sites for hydroxylation is 2. The van der Waals surface area contributed by atoms with E-state index in [2.05, 4.69) is 76.8 Å². The summed E-state index contributed by atoms with van der Waals surface area (Å²) in [6.07, 6.45) is 5.04. The van der Waals surface area contributed by atoms with Gasteiger partial charge in [-0.3, -0.25) is 4.68 Å². The zero-order chi connectivity index (χ0) is 18.8. The fourth-order valence-electron chi connectivity index (χ4n) is 2.78. The summed E-state index contributed by atoms with van der Waals surface area (Å²) in [5.41, 5.74) is 1.62. The lowest BCUT2D eigenvalue weighted by atomic mass is 9.86. The topological polar surface area (TPSA) is 67.1 Å². The molecule has 0 saturated heterocycles. The van der Waals surface area contributed by atoms with Crippen molar-refractivity contribution in [2.24, 2.45) is 17.5 Å². The average Bonchev–Trinajstić information content (AvgIpc) is 3.03. The summed E-state index contributed by atoms with van der Waals surface area (Å²) in [7, 11) is 1.88. The maximum absolute atomic E-state index is 4.62. The first kappa shape index (κ1) is 23.4. The molecule has 0 aliphatic heterocycles. The van der Waals surface area contributed by atoms with Gasteiger partial charge in [0.1, 0.15) is 18.7 Å². The van der Waals surface area contributed by atoms with Crippen molar-refractivity contribution in [2.45, 2.75) is 46.6 Å². The normalized spacial score (nSPS) is 11.8. The molecule has 1 aromatic carbocycles. The highest BCUT2D eigenvalue weighted by atomic mass is 127. The van der Waals surface area contributed by atoms with Crippen LogP contribution < -0.4 is 10.6 Å². The minimum atomic E-state index is 0. The molecule has 0 bridgehead atoms. The number of nitrogens with zero attached hydrogens (tertiary/aromatic N) is 4. The Morgan fingerprint density at radius 1 is 1.19 bits per heavy atom. The predicted octanol–water partition coefficient (Wildman–Crippen LogP) is 3.54. The first-order valence-corrected chi connectivity index (χ1v) is 9.39. The summed E-state index contributed by atoms with van der Waals surface area (Å²) in [4.78, 5) is 8.83. The lowest BCUT2D eigenvalue weighted by Gasteiger charge is -2.26. The van der Waals surface area contributed by atoms with E-state index in [1.54, 1.807) is 11.0 Å². The van der Waals surface area contributed by atoms with Crippen LogP contribution >= 0.6 is 24.0 Å². The molecule has 1 aromatic heterocycles. The zero-order valence-corrected chi connectivity index (χ0v) is 19.2. The van der Waals surface area contributed by atoms with Gasteiger partial charge in [-0.15, -0.1) is 24.0 Å². The van der Waals surface area contributed by atoms with E-state index in [0.29, 0.717) is 6.54 Å². The maximum Gasteiger partial charge on any atom is 0.191 e. The van der Waals surface area contributed by atoms with Gasteiger partial charge in [0.2, 0.25) is 0 Å². The highest BCUT2D eigenvalue weighted by molar-refractivity contribution is 14.0. The smallest absolute Gasteiger partial charge is 0.191 e. The van der Waals surface area contributed by atoms with Crippen LogP contribution in [-0.2, 0) is 20.0 Å². The van der Waals surface area contributed by atoms with Gasteiger partial charge in [-0.25, -0.2) is 9.98 Å². The molecule has 27 heavy (non-hydrogen) atoms. The fourth-order valence-corrected chi connectivity index (χ4v) is 2.78. The Bertz CT molecular complexity index is 681. The molecule has 0 unspecified atom stereocenters. The van der Waals surface area contributed by atoms with E-state index in [1.807, 2.05) is 7.05 Å². The van der Waals surface area contributed by atoms with Crippen LogP contribution in [0.4, 0.5) is 0 Å². The largest absolute Gasteiger partial charge is 0.357 e. The molecule has 0 saturated carbocycles. The van der Waals surface area contributed by atoms with Crippen molar-refractivity contribution in [1.29, 1.82) is 0 Å². The second-order valence-corrected chi connectivity index (χ2v) is 7.35. The van der Waals surface area contributed by atoms with Gasteiger partial charge in [-0.05, 0) is 37.2 Å². The van der Waals surface area contributed by atoms with Crippen molar-refractivity contribution in [3.05, 3.63) is 48.0 Å². The highest BCUT2D eigenvalue weighted by Crippen LogP contribution is 2.22. The van der Waals surface area contributed by atoms with Gasteiger partial charge >= 0.3 is 0 Å². The van der Waals surface area contributed by atoms with E-state index in [9.17, 15) is 0 Å². The van der Waals surface area contributed by atoms with Crippen LogP contribution in [0.25, 0.3) is 0 Å². The molecule has 0 spiro atoms. The highest BCUT2D eigenvalue weighted by Gasteiger charge is 2.18. The number of rotatable bonds is 9. The van der Waals surface area contributed by atoms with Crippen LogP contribution in [0.3, 0.4) is 0 Å². The Morgan fingerprint density at radius 3 is 2.56 bits per heavy atom. The molecular formula is C20H33IN6. The molecule has 7 heteroatoms. The van der Waals surface area contributed by atoms with Crippen molar-refractivity contribution < 1.29 is 0 Å². The molecule has 0 aliphatic rings. The van der Waals surface area contributed by atoms with Crippen molar-refractivity contribution >= 4 is 29.9 Å². The van der Waals surface area contributed by atoms with E-state index >= 15 is 0 Å². The third-order valence-corrected chi connectivity index (χ3v) is 4.42. The van der Waals surface area contributed by atoms with Gasteiger partial charge < -0.3 is 10.6 Å². The number of nitrogens with one attached hydrogen (secondary N) is 2. The summed E-state index contributed by atoms with van der Waals surface area (Å²) in [6.45, 7) is 8.91. The van der Waals surface area contributed by atoms with E-state index in [-0.39, 0.29) is 29.4 Å². The molecule has 0 radical (unpaired) electrons. The summed E-state index contributed by atoms with van der Waals surface area (Å²) in [5.74, 6) is 1.68. The maximum atomic E-state index is 4.62. The molecule has 6 nitrogen and oxygen atoms in total. The minimum absolute atomic E-state index is 0. The van der Waals surface area contributed by atoms with Crippen molar-refractivity contribution in [3.8, 4) is 0 Å². The Hall–Kier alpha value is -1.64. The molecule has 2 aromatic rings. The van der Waals surface area contributed by atoms with E-state index in [1.165, 1.54) is 12.0 Å². The molecule has 1 heterocycles. The molecule has 0 amide bonds.